The lowest BCUT2D eigenvalue weighted by atomic mass is 10.1. The van der Waals surface area contributed by atoms with E-state index in [1.165, 1.54) is 0 Å². The first-order valence-corrected chi connectivity index (χ1v) is 6.92. The molecule has 0 unspecified atom stereocenters. The third-order valence-corrected chi connectivity index (χ3v) is 2.85. The molecule has 0 spiro atoms. The van der Waals surface area contributed by atoms with Crippen LogP contribution >= 0.6 is 0 Å². The molecule has 2 aromatic carbocycles. The number of hydrogen-bond acceptors (Lipinski definition) is 3. The van der Waals surface area contributed by atoms with Crippen molar-refractivity contribution in [3.8, 4) is 11.5 Å². The van der Waals surface area contributed by atoms with Gasteiger partial charge in [0.1, 0.15) is 11.5 Å². The van der Waals surface area contributed by atoms with Gasteiger partial charge < -0.3 is 15.2 Å². The van der Waals surface area contributed by atoms with Crippen molar-refractivity contribution < 1.29 is 14.3 Å². The molecule has 0 aliphatic heterocycles. The lowest BCUT2D eigenvalue weighted by molar-refractivity contribution is -0.117. The highest BCUT2D eigenvalue weighted by molar-refractivity contribution is 5.76. The lowest BCUT2D eigenvalue weighted by Gasteiger charge is -2.08. The zero-order chi connectivity index (χ0) is 14.9. The van der Waals surface area contributed by atoms with Crippen molar-refractivity contribution in [1.82, 2.24) is 0 Å². The van der Waals surface area contributed by atoms with Crippen molar-refractivity contribution in [2.45, 2.75) is 12.8 Å². The van der Waals surface area contributed by atoms with Gasteiger partial charge in [0.2, 0.25) is 5.91 Å². The first-order chi connectivity index (χ1) is 10.2. The van der Waals surface area contributed by atoms with Crippen LogP contribution < -0.4 is 15.2 Å². The van der Waals surface area contributed by atoms with Gasteiger partial charge >= 0.3 is 0 Å². The molecule has 2 N–H and O–H groups in total. The first kappa shape index (κ1) is 14.9. The molecule has 4 nitrogen and oxygen atoms in total. The molecule has 110 valence electrons. The fourth-order valence-corrected chi connectivity index (χ4v) is 1.90. The maximum atomic E-state index is 10.9. The Morgan fingerprint density at radius 2 is 1.57 bits per heavy atom. The summed E-state index contributed by atoms with van der Waals surface area (Å²) in [7, 11) is 0. The first-order valence-electron chi connectivity index (χ1n) is 6.92. The van der Waals surface area contributed by atoms with Crippen LogP contribution in [0.25, 0.3) is 0 Å². The summed E-state index contributed by atoms with van der Waals surface area (Å²) in [5.74, 6) is 1.26. The van der Waals surface area contributed by atoms with Crippen LogP contribution in [-0.2, 0) is 11.2 Å². The molecule has 21 heavy (non-hydrogen) atoms. The topological polar surface area (TPSA) is 61.6 Å². The number of ether oxygens (including phenoxy) is 2. The monoisotopic (exact) mass is 285 g/mol. The van der Waals surface area contributed by atoms with Crippen LogP contribution in [0.3, 0.4) is 0 Å². The summed E-state index contributed by atoms with van der Waals surface area (Å²) in [6.07, 6.45) is 1.02. The van der Waals surface area contributed by atoms with E-state index < -0.39 is 0 Å². The second-order valence-electron chi connectivity index (χ2n) is 4.65. The van der Waals surface area contributed by atoms with E-state index in [-0.39, 0.29) is 12.3 Å². The van der Waals surface area contributed by atoms with Crippen molar-refractivity contribution in [2.75, 3.05) is 13.2 Å². The van der Waals surface area contributed by atoms with Crippen LogP contribution in [0.2, 0.25) is 0 Å². The largest absolute Gasteiger partial charge is 0.493 e. The van der Waals surface area contributed by atoms with Gasteiger partial charge in [-0.25, -0.2) is 0 Å². The Bertz CT molecular complexity index is 569. The number of carbonyl (C=O) groups is 1. The van der Waals surface area contributed by atoms with E-state index in [0.717, 1.165) is 23.5 Å². The molecule has 0 aliphatic carbocycles. The minimum absolute atomic E-state index is 0.230. The van der Waals surface area contributed by atoms with Gasteiger partial charge in [-0.2, -0.15) is 0 Å². The second-order valence-corrected chi connectivity index (χ2v) is 4.65. The van der Waals surface area contributed by atoms with Crippen LogP contribution in [0.1, 0.15) is 12.0 Å². The summed E-state index contributed by atoms with van der Waals surface area (Å²) >= 11 is 0. The second kappa shape index (κ2) is 7.94. The van der Waals surface area contributed by atoms with E-state index in [1.807, 2.05) is 54.6 Å². The van der Waals surface area contributed by atoms with Crippen molar-refractivity contribution in [3.05, 3.63) is 60.2 Å². The zero-order valence-corrected chi connectivity index (χ0v) is 11.8. The van der Waals surface area contributed by atoms with Gasteiger partial charge in [-0.1, -0.05) is 30.3 Å². The van der Waals surface area contributed by atoms with E-state index in [1.54, 1.807) is 0 Å². The molecule has 0 fully saturated rings. The number of rotatable bonds is 8. The summed E-state index contributed by atoms with van der Waals surface area (Å²) in [5.41, 5.74) is 6.03. The predicted octanol–water partition coefficient (Wildman–Crippen LogP) is 2.56. The third-order valence-electron chi connectivity index (χ3n) is 2.85. The van der Waals surface area contributed by atoms with Crippen LogP contribution in [0.5, 0.6) is 11.5 Å². The zero-order valence-electron chi connectivity index (χ0n) is 11.8. The Morgan fingerprint density at radius 1 is 0.905 bits per heavy atom. The Kier molecular flexibility index (Phi) is 5.64. The summed E-state index contributed by atoms with van der Waals surface area (Å²) in [6.45, 7) is 1.16. The average Bonchev–Trinajstić information content (AvgIpc) is 2.48. The van der Waals surface area contributed by atoms with Crippen molar-refractivity contribution in [2.24, 2.45) is 5.73 Å². The highest BCUT2D eigenvalue weighted by atomic mass is 16.5. The smallest absolute Gasteiger partial charge is 0.221 e. The predicted molar refractivity (Wildman–Crippen MR) is 81.4 cm³/mol. The SMILES string of the molecule is NC(=O)Cc1cccc(OCCCOc2ccccc2)c1. The molecule has 0 aliphatic rings. The number of hydrogen-bond donors (Lipinski definition) is 1. The highest BCUT2D eigenvalue weighted by Crippen LogP contribution is 2.14. The van der Waals surface area contributed by atoms with E-state index >= 15 is 0 Å². The molecule has 2 rings (SSSR count). The molecule has 0 heterocycles. The fraction of sp³-hybridized carbons (Fsp3) is 0.235. The van der Waals surface area contributed by atoms with E-state index in [2.05, 4.69) is 0 Å². The maximum Gasteiger partial charge on any atom is 0.221 e. The van der Waals surface area contributed by atoms with Gasteiger partial charge in [-0.3, -0.25) is 4.79 Å². The molecule has 0 saturated carbocycles. The Morgan fingerprint density at radius 3 is 2.29 bits per heavy atom. The molecular formula is C17H19NO3. The molecule has 2 aromatic rings. The van der Waals surface area contributed by atoms with Gasteiger partial charge in [-0.05, 0) is 29.8 Å². The number of para-hydroxylation sites is 1. The normalized spacial score (nSPS) is 10.1. The number of primary amides is 1. The van der Waals surface area contributed by atoms with Crippen LogP contribution in [0, 0.1) is 0 Å². The van der Waals surface area contributed by atoms with Gasteiger partial charge in [-0.15, -0.1) is 0 Å². The summed E-state index contributed by atoms with van der Waals surface area (Å²) in [5, 5.41) is 0. The fourth-order valence-electron chi connectivity index (χ4n) is 1.90. The van der Waals surface area contributed by atoms with Crippen LogP contribution in [0.15, 0.2) is 54.6 Å². The molecule has 0 saturated heterocycles. The van der Waals surface area contributed by atoms with E-state index in [9.17, 15) is 4.79 Å². The van der Waals surface area contributed by atoms with Crippen molar-refractivity contribution in [1.29, 1.82) is 0 Å². The summed E-state index contributed by atoms with van der Waals surface area (Å²) in [6, 6.07) is 17.1. The minimum Gasteiger partial charge on any atom is -0.493 e. The molecule has 0 aromatic heterocycles. The Balaban J connectivity index is 1.70. The summed E-state index contributed by atoms with van der Waals surface area (Å²) in [4.78, 5) is 10.9. The average molecular weight is 285 g/mol. The molecular weight excluding hydrogens is 266 g/mol. The number of benzene rings is 2. The molecule has 4 heteroatoms. The number of amides is 1. The number of carbonyl (C=O) groups excluding carboxylic acids is 1. The highest BCUT2D eigenvalue weighted by Gasteiger charge is 2.01. The van der Waals surface area contributed by atoms with Gasteiger partial charge in [0.25, 0.3) is 0 Å². The van der Waals surface area contributed by atoms with Gasteiger partial charge in [0.15, 0.2) is 0 Å². The number of nitrogens with two attached hydrogens (primary N) is 1. The Labute approximate surface area is 124 Å². The van der Waals surface area contributed by atoms with Gasteiger partial charge in [0.05, 0.1) is 19.6 Å². The van der Waals surface area contributed by atoms with E-state index in [0.29, 0.717) is 13.2 Å². The van der Waals surface area contributed by atoms with Crippen molar-refractivity contribution >= 4 is 5.91 Å². The van der Waals surface area contributed by atoms with E-state index in [4.69, 9.17) is 15.2 Å². The molecule has 1 amide bonds. The van der Waals surface area contributed by atoms with Crippen LogP contribution in [0.4, 0.5) is 0 Å². The maximum absolute atomic E-state index is 10.9. The Hall–Kier alpha value is -2.49. The minimum atomic E-state index is -0.344. The standard InChI is InChI=1S/C17H19NO3/c18-17(19)13-14-6-4-9-16(12-14)21-11-5-10-20-15-7-2-1-3-8-15/h1-4,6-9,12H,5,10-11,13H2,(H2,18,19). The quantitative estimate of drug-likeness (QED) is 0.758. The third kappa shape index (κ3) is 5.57. The summed E-state index contributed by atoms with van der Waals surface area (Å²) < 4.78 is 11.2. The van der Waals surface area contributed by atoms with Gasteiger partial charge in [0, 0.05) is 6.42 Å². The van der Waals surface area contributed by atoms with Crippen molar-refractivity contribution in [3.63, 3.8) is 0 Å². The lowest BCUT2D eigenvalue weighted by Crippen LogP contribution is -2.13. The molecule has 0 radical (unpaired) electrons. The van der Waals surface area contributed by atoms with Crippen LogP contribution in [-0.4, -0.2) is 19.1 Å². The molecule has 0 bridgehead atoms. The molecule has 0 atom stereocenters.